The summed E-state index contributed by atoms with van der Waals surface area (Å²) in [6.45, 7) is 6.47. The van der Waals surface area contributed by atoms with Crippen molar-refractivity contribution in [3.05, 3.63) is 45.9 Å². The standard InChI is InChI=1S/C21H26Cl2O2/c1-4-5-6-7-10-21(2,3)14-11-18(24)20(19(25)12-14)16-13-15(22)8-9-17(16)23/h8-9,11-13,24-25H,4-7,10H2,1-3H3. The number of halogens is 2. The van der Waals surface area contributed by atoms with E-state index in [4.69, 9.17) is 23.2 Å². The Morgan fingerprint density at radius 3 is 2.16 bits per heavy atom. The molecule has 0 saturated carbocycles. The van der Waals surface area contributed by atoms with E-state index < -0.39 is 0 Å². The Bertz CT molecular complexity index is 716. The number of hydrogen-bond acceptors (Lipinski definition) is 2. The normalized spacial score (nSPS) is 11.7. The first-order valence-electron chi connectivity index (χ1n) is 8.78. The molecule has 25 heavy (non-hydrogen) atoms. The third-order valence-corrected chi connectivity index (χ3v) is 5.30. The van der Waals surface area contributed by atoms with Gasteiger partial charge in [-0.1, -0.05) is 69.7 Å². The molecule has 2 rings (SSSR count). The molecular formula is C21H26Cl2O2. The van der Waals surface area contributed by atoms with E-state index in [2.05, 4.69) is 20.8 Å². The molecule has 0 atom stereocenters. The van der Waals surface area contributed by atoms with Crippen LogP contribution in [0.15, 0.2) is 30.3 Å². The molecule has 0 heterocycles. The first-order chi connectivity index (χ1) is 11.8. The van der Waals surface area contributed by atoms with Gasteiger partial charge < -0.3 is 10.2 Å². The molecule has 4 heteroatoms. The average molecular weight is 381 g/mol. The highest BCUT2D eigenvalue weighted by Gasteiger charge is 2.24. The van der Waals surface area contributed by atoms with Crippen molar-refractivity contribution in [2.45, 2.75) is 58.3 Å². The van der Waals surface area contributed by atoms with E-state index in [-0.39, 0.29) is 16.9 Å². The van der Waals surface area contributed by atoms with Gasteiger partial charge in [-0.05, 0) is 47.7 Å². The van der Waals surface area contributed by atoms with Crippen LogP contribution in [0.3, 0.4) is 0 Å². The number of unbranched alkanes of at least 4 members (excludes halogenated alkanes) is 3. The second-order valence-electron chi connectivity index (χ2n) is 7.21. The Morgan fingerprint density at radius 1 is 0.920 bits per heavy atom. The summed E-state index contributed by atoms with van der Waals surface area (Å²) < 4.78 is 0. The number of aromatic hydroxyl groups is 2. The minimum atomic E-state index is -0.126. The predicted molar refractivity (Wildman–Crippen MR) is 107 cm³/mol. The van der Waals surface area contributed by atoms with Crippen LogP contribution in [0.1, 0.15) is 58.4 Å². The molecule has 2 aromatic carbocycles. The van der Waals surface area contributed by atoms with Crippen molar-refractivity contribution in [1.82, 2.24) is 0 Å². The van der Waals surface area contributed by atoms with Crippen LogP contribution >= 0.6 is 23.2 Å². The molecule has 0 aliphatic rings. The molecule has 0 unspecified atom stereocenters. The summed E-state index contributed by atoms with van der Waals surface area (Å²) in [5.41, 5.74) is 1.63. The van der Waals surface area contributed by atoms with Crippen molar-refractivity contribution >= 4 is 23.2 Å². The molecule has 0 aromatic heterocycles. The summed E-state index contributed by atoms with van der Waals surface area (Å²) in [4.78, 5) is 0. The maximum atomic E-state index is 10.6. The van der Waals surface area contributed by atoms with Crippen LogP contribution in [0.5, 0.6) is 11.5 Å². The van der Waals surface area contributed by atoms with Crippen molar-refractivity contribution in [2.75, 3.05) is 0 Å². The number of benzene rings is 2. The topological polar surface area (TPSA) is 40.5 Å². The minimum absolute atomic E-state index is 0.0146. The highest BCUT2D eigenvalue weighted by molar-refractivity contribution is 6.35. The monoisotopic (exact) mass is 380 g/mol. The van der Waals surface area contributed by atoms with Gasteiger partial charge in [0, 0.05) is 15.6 Å². The van der Waals surface area contributed by atoms with Crippen molar-refractivity contribution < 1.29 is 10.2 Å². The third kappa shape index (κ3) is 4.83. The van der Waals surface area contributed by atoms with Gasteiger partial charge in [0.15, 0.2) is 0 Å². The molecule has 2 nitrogen and oxygen atoms in total. The van der Waals surface area contributed by atoms with Gasteiger partial charge in [0.2, 0.25) is 0 Å². The fourth-order valence-corrected chi connectivity index (χ4v) is 3.49. The zero-order chi connectivity index (χ0) is 18.6. The Labute approximate surface area is 160 Å². The number of hydrogen-bond donors (Lipinski definition) is 2. The molecule has 0 fully saturated rings. The van der Waals surface area contributed by atoms with Gasteiger partial charge in [-0.25, -0.2) is 0 Å². The molecule has 0 radical (unpaired) electrons. The lowest BCUT2D eigenvalue weighted by atomic mass is 9.79. The van der Waals surface area contributed by atoms with Crippen molar-refractivity contribution in [3.63, 3.8) is 0 Å². The Hall–Kier alpha value is -1.38. The van der Waals surface area contributed by atoms with Crippen LogP contribution in [-0.2, 0) is 5.41 Å². The van der Waals surface area contributed by atoms with Gasteiger partial charge in [-0.3, -0.25) is 0 Å². The quantitative estimate of drug-likeness (QED) is 0.493. The largest absolute Gasteiger partial charge is 0.507 e. The van der Waals surface area contributed by atoms with Crippen LogP contribution in [0.25, 0.3) is 11.1 Å². The molecular weight excluding hydrogens is 355 g/mol. The molecule has 0 saturated heterocycles. The summed E-state index contributed by atoms with van der Waals surface area (Å²) in [6, 6.07) is 8.44. The molecule has 2 N–H and O–H groups in total. The second-order valence-corrected chi connectivity index (χ2v) is 8.05. The lowest BCUT2D eigenvalue weighted by Gasteiger charge is -2.26. The molecule has 0 aliphatic carbocycles. The summed E-state index contributed by atoms with van der Waals surface area (Å²) in [6.07, 6.45) is 5.78. The van der Waals surface area contributed by atoms with Crippen molar-refractivity contribution in [2.24, 2.45) is 0 Å². The van der Waals surface area contributed by atoms with E-state index in [0.29, 0.717) is 21.2 Å². The highest BCUT2D eigenvalue weighted by Crippen LogP contribution is 2.45. The molecule has 0 spiro atoms. The van der Waals surface area contributed by atoms with E-state index in [9.17, 15) is 10.2 Å². The Morgan fingerprint density at radius 2 is 1.56 bits per heavy atom. The molecule has 136 valence electrons. The maximum Gasteiger partial charge on any atom is 0.127 e. The van der Waals surface area contributed by atoms with E-state index in [1.165, 1.54) is 19.3 Å². The fourth-order valence-electron chi connectivity index (χ4n) is 3.11. The zero-order valence-electron chi connectivity index (χ0n) is 15.1. The summed E-state index contributed by atoms with van der Waals surface area (Å²) in [7, 11) is 0. The first kappa shape index (κ1) is 19.9. The fraction of sp³-hybridized carbons (Fsp3) is 0.429. The number of rotatable bonds is 7. The SMILES string of the molecule is CCCCCCC(C)(C)c1cc(O)c(-c2cc(Cl)ccc2Cl)c(O)c1. The zero-order valence-corrected chi connectivity index (χ0v) is 16.6. The molecule has 2 aromatic rings. The summed E-state index contributed by atoms with van der Waals surface area (Å²) in [5.74, 6) is 0.0293. The Balaban J connectivity index is 2.35. The minimum Gasteiger partial charge on any atom is -0.507 e. The van der Waals surface area contributed by atoms with Gasteiger partial charge in [0.25, 0.3) is 0 Å². The van der Waals surface area contributed by atoms with Crippen molar-refractivity contribution in [1.29, 1.82) is 0 Å². The van der Waals surface area contributed by atoms with Crippen LogP contribution in [0.4, 0.5) is 0 Å². The third-order valence-electron chi connectivity index (χ3n) is 4.73. The highest BCUT2D eigenvalue weighted by atomic mass is 35.5. The number of phenolic OH excluding ortho intramolecular Hbond substituents is 2. The molecule has 0 bridgehead atoms. The molecule has 0 amide bonds. The van der Waals surface area contributed by atoms with Gasteiger partial charge in [0.05, 0.1) is 5.56 Å². The average Bonchev–Trinajstić information content (AvgIpc) is 2.54. The van der Waals surface area contributed by atoms with Gasteiger partial charge in [-0.15, -0.1) is 0 Å². The van der Waals surface area contributed by atoms with Crippen LogP contribution < -0.4 is 0 Å². The smallest absolute Gasteiger partial charge is 0.127 e. The van der Waals surface area contributed by atoms with Crippen LogP contribution in [-0.4, -0.2) is 10.2 Å². The Kier molecular flexibility index (Phi) is 6.65. The number of phenols is 2. The summed E-state index contributed by atoms with van der Waals surface area (Å²) >= 11 is 12.3. The lowest BCUT2D eigenvalue weighted by Crippen LogP contribution is -2.17. The maximum absolute atomic E-state index is 10.6. The van der Waals surface area contributed by atoms with E-state index in [1.807, 2.05) is 0 Å². The van der Waals surface area contributed by atoms with Gasteiger partial charge >= 0.3 is 0 Å². The molecule has 0 aliphatic heterocycles. The predicted octanol–water partition coefficient (Wildman–Crippen LogP) is 7.32. The van der Waals surface area contributed by atoms with Gasteiger partial charge in [-0.2, -0.15) is 0 Å². The van der Waals surface area contributed by atoms with Crippen molar-refractivity contribution in [3.8, 4) is 22.6 Å². The summed E-state index contributed by atoms with van der Waals surface area (Å²) in [5, 5.41) is 22.0. The van der Waals surface area contributed by atoms with E-state index in [1.54, 1.807) is 30.3 Å². The van der Waals surface area contributed by atoms with Gasteiger partial charge in [0.1, 0.15) is 11.5 Å². The lowest BCUT2D eigenvalue weighted by molar-refractivity contribution is 0.425. The van der Waals surface area contributed by atoms with Crippen LogP contribution in [0.2, 0.25) is 10.0 Å². The first-order valence-corrected chi connectivity index (χ1v) is 9.53. The van der Waals surface area contributed by atoms with E-state index >= 15 is 0 Å². The van der Waals surface area contributed by atoms with E-state index in [0.717, 1.165) is 18.4 Å². The second kappa shape index (κ2) is 8.33. The van der Waals surface area contributed by atoms with Crippen LogP contribution in [0, 0.1) is 0 Å².